The molecule has 0 saturated carbocycles. The van der Waals surface area contributed by atoms with Gasteiger partial charge in [0.2, 0.25) is 0 Å². The number of tetrazole rings is 1. The van der Waals surface area contributed by atoms with Crippen LogP contribution in [0, 0.1) is 5.82 Å². The van der Waals surface area contributed by atoms with Crippen molar-refractivity contribution in [2.45, 2.75) is 25.8 Å². The van der Waals surface area contributed by atoms with Crippen LogP contribution in [0.3, 0.4) is 0 Å². The molecule has 0 fully saturated rings. The van der Waals surface area contributed by atoms with E-state index in [9.17, 15) is 9.18 Å². The predicted molar refractivity (Wildman–Crippen MR) is 69.8 cm³/mol. The smallest absolute Gasteiger partial charge is 0.305 e. The van der Waals surface area contributed by atoms with Gasteiger partial charge < -0.3 is 5.11 Å². The molecule has 1 heterocycles. The standard InChI is InChI=1S/C12H12ClFN4O2/c1-2-8(6-11(19)20)18-12(15-16-17-18)9-5-7(13)3-4-10(9)14/h3-5,8H,2,6H2,1H3,(H,19,20). The van der Waals surface area contributed by atoms with Crippen molar-refractivity contribution in [3.63, 3.8) is 0 Å². The fourth-order valence-corrected chi connectivity index (χ4v) is 2.06. The molecule has 2 rings (SSSR count). The fourth-order valence-electron chi connectivity index (χ4n) is 1.89. The Hall–Kier alpha value is -2.02. The van der Waals surface area contributed by atoms with Crippen LogP contribution in [0.25, 0.3) is 11.4 Å². The highest BCUT2D eigenvalue weighted by Gasteiger charge is 2.21. The molecule has 0 saturated heterocycles. The van der Waals surface area contributed by atoms with Crippen molar-refractivity contribution in [3.05, 3.63) is 29.0 Å². The summed E-state index contributed by atoms with van der Waals surface area (Å²) >= 11 is 5.85. The fraction of sp³-hybridized carbons (Fsp3) is 0.333. The molecular weight excluding hydrogens is 287 g/mol. The van der Waals surface area contributed by atoms with Gasteiger partial charge in [0.25, 0.3) is 0 Å². The second kappa shape index (κ2) is 5.96. The highest BCUT2D eigenvalue weighted by atomic mass is 35.5. The lowest BCUT2D eigenvalue weighted by molar-refractivity contribution is -0.138. The van der Waals surface area contributed by atoms with Crippen molar-refractivity contribution < 1.29 is 14.3 Å². The summed E-state index contributed by atoms with van der Waals surface area (Å²) in [6.45, 7) is 1.81. The van der Waals surface area contributed by atoms with E-state index in [1.807, 2.05) is 6.92 Å². The molecule has 1 N–H and O–H groups in total. The van der Waals surface area contributed by atoms with Crippen molar-refractivity contribution in [2.24, 2.45) is 0 Å². The number of rotatable bonds is 5. The summed E-state index contributed by atoms with van der Waals surface area (Å²) in [4.78, 5) is 10.9. The monoisotopic (exact) mass is 298 g/mol. The van der Waals surface area contributed by atoms with Crippen molar-refractivity contribution in [1.29, 1.82) is 0 Å². The van der Waals surface area contributed by atoms with E-state index >= 15 is 0 Å². The summed E-state index contributed by atoms with van der Waals surface area (Å²) in [5, 5.41) is 20.3. The normalized spacial score (nSPS) is 12.3. The van der Waals surface area contributed by atoms with Crippen LogP contribution in [0.4, 0.5) is 4.39 Å². The summed E-state index contributed by atoms with van der Waals surface area (Å²) in [7, 11) is 0. The number of aliphatic carboxylic acids is 1. The quantitative estimate of drug-likeness (QED) is 0.917. The Morgan fingerprint density at radius 2 is 2.30 bits per heavy atom. The van der Waals surface area contributed by atoms with Crippen LogP contribution in [-0.4, -0.2) is 31.3 Å². The third-order valence-corrected chi connectivity index (χ3v) is 3.12. The number of hydrogen-bond acceptors (Lipinski definition) is 4. The molecule has 2 aromatic rings. The first-order chi connectivity index (χ1) is 9.52. The predicted octanol–water partition coefficient (Wildman–Crippen LogP) is 2.56. The molecule has 20 heavy (non-hydrogen) atoms. The first kappa shape index (κ1) is 14.4. The van der Waals surface area contributed by atoms with E-state index in [1.165, 1.54) is 22.9 Å². The van der Waals surface area contributed by atoms with Crippen LogP contribution in [-0.2, 0) is 4.79 Å². The number of hydrogen-bond donors (Lipinski definition) is 1. The van der Waals surface area contributed by atoms with E-state index in [0.29, 0.717) is 11.4 Å². The van der Waals surface area contributed by atoms with Crippen LogP contribution in [0.5, 0.6) is 0 Å². The van der Waals surface area contributed by atoms with Crippen molar-refractivity contribution in [1.82, 2.24) is 20.2 Å². The van der Waals surface area contributed by atoms with E-state index in [0.717, 1.165) is 0 Å². The molecule has 6 nitrogen and oxygen atoms in total. The van der Waals surface area contributed by atoms with Crippen molar-refractivity contribution >= 4 is 17.6 Å². The van der Waals surface area contributed by atoms with Gasteiger partial charge in [0.1, 0.15) is 5.82 Å². The van der Waals surface area contributed by atoms with E-state index in [1.54, 1.807) is 0 Å². The van der Waals surface area contributed by atoms with E-state index in [4.69, 9.17) is 16.7 Å². The second-order valence-electron chi connectivity index (χ2n) is 4.23. The van der Waals surface area contributed by atoms with Gasteiger partial charge >= 0.3 is 5.97 Å². The van der Waals surface area contributed by atoms with Crippen molar-refractivity contribution in [2.75, 3.05) is 0 Å². The highest BCUT2D eigenvalue weighted by Crippen LogP contribution is 2.27. The second-order valence-corrected chi connectivity index (χ2v) is 4.67. The molecule has 0 spiro atoms. The topological polar surface area (TPSA) is 80.9 Å². The average molecular weight is 299 g/mol. The lowest BCUT2D eigenvalue weighted by Gasteiger charge is -2.14. The van der Waals surface area contributed by atoms with E-state index in [2.05, 4.69) is 15.5 Å². The summed E-state index contributed by atoms with van der Waals surface area (Å²) in [5.74, 6) is -1.32. The zero-order valence-corrected chi connectivity index (χ0v) is 11.4. The summed E-state index contributed by atoms with van der Waals surface area (Å²) in [6, 6.07) is 3.60. The molecule has 106 valence electrons. The minimum Gasteiger partial charge on any atom is -0.481 e. The molecule has 1 unspecified atom stereocenters. The molecule has 1 atom stereocenters. The van der Waals surface area contributed by atoms with Gasteiger partial charge in [-0.2, -0.15) is 0 Å². The van der Waals surface area contributed by atoms with Gasteiger partial charge in [-0.15, -0.1) is 5.10 Å². The Labute approximate surface area is 119 Å². The molecule has 1 aromatic heterocycles. The third kappa shape index (κ3) is 2.93. The summed E-state index contributed by atoms with van der Waals surface area (Å²) < 4.78 is 15.2. The van der Waals surface area contributed by atoms with Crippen LogP contribution in [0.15, 0.2) is 18.2 Å². The molecular formula is C12H12ClFN4O2. The maximum Gasteiger partial charge on any atom is 0.305 e. The van der Waals surface area contributed by atoms with Gasteiger partial charge in [0.15, 0.2) is 5.82 Å². The Bertz CT molecular complexity index is 632. The largest absolute Gasteiger partial charge is 0.481 e. The molecule has 0 bridgehead atoms. The van der Waals surface area contributed by atoms with Crippen LogP contribution >= 0.6 is 11.6 Å². The number of halogens is 2. The van der Waals surface area contributed by atoms with Crippen LogP contribution in [0.2, 0.25) is 5.02 Å². The molecule has 0 amide bonds. The van der Waals surface area contributed by atoms with Crippen molar-refractivity contribution in [3.8, 4) is 11.4 Å². The first-order valence-electron chi connectivity index (χ1n) is 5.98. The zero-order chi connectivity index (χ0) is 14.7. The number of aromatic nitrogens is 4. The molecule has 0 radical (unpaired) electrons. The number of carbonyl (C=O) groups is 1. The molecule has 0 aliphatic carbocycles. The molecule has 0 aliphatic rings. The Morgan fingerprint density at radius 3 is 2.95 bits per heavy atom. The van der Waals surface area contributed by atoms with Gasteiger partial charge in [0.05, 0.1) is 18.0 Å². The lowest BCUT2D eigenvalue weighted by Crippen LogP contribution is -2.16. The van der Waals surface area contributed by atoms with Crippen LogP contribution < -0.4 is 0 Å². The zero-order valence-electron chi connectivity index (χ0n) is 10.6. The van der Waals surface area contributed by atoms with Crippen LogP contribution in [0.1, 0.15) is 25.8 Å². The molecule has 0 aliphatic heterocycles. The minimum atomic E-state index is -0.968. The molecule has 1 aromatic carbocycles. The lowest BCUT2D eigenvalue weighted by atomic mass is 10.1. The number of carboxylic acids is 1. The highest BCUT2D eigenvalue weighted by molar-refractivity contribution is 6.30. The number of carboxylic acid groups (broad SMARTS) is 1. The van der Waals surface area contributed by atoms with E-state index < -0.39 is 17.8 Å². The summed E-state index contributed by atoms with van der Waals surface area (Å²) in [6.07, 6.45) is 0.364. The number of benzene rings is 1. The molecule has 8 heteroatoms. The van der Waals surface area contributed by atoms with Gasteiger partial charge in [-0.25, -0.2) is 9.07 Å². The van der Waals surface area contributed by atoms with Gasteiger partial charge in [-0.1, -0.05) is 18.5 Å². The maximum absolute atomic E-state index is 13.9. The Kier molecular flexibility index (Phi) is 4.29. The average Bonchev–Trinajstić information content (AvgIpc) is 2.87. The van der Waals surface area contributed by atoms with Gasteiger partial charge in [-0.05, 0) is 35.0 Å². The third-order valence-electron chi connectivity index (χ3n) is 2.89. The minimum absolute atomic E-state index is 0.142. The number of nitrogens with zero attached hydrogens (tertiary/aromatic N) is 4. The Morgan fingerprint density at radius 1 is 1.55 bits per heavy atom. The maximum atomic E-state index is 13.9. The van der Waals surface area contributed by atoms with Gasteiger partial charge in [0, 0.05) is 5.02 Å². The first-order valence-corrected chi connectivity index (χ1v) is 6.35. The SMILES string of the molecule is CCC(CC(=O)O)n1nnnc1-c1cc(Cl)ccc1F. The van der Waals surface area contributed by atoms with Gasteiger partial charge in [-0.3, -0.25) is 4.79 Å². The Balaban J connectivity index is 2.46. The van der Waals surface area contributed by atoms with E-state index in [-0.39, 0.29) is 17.8 Å². The summed E-state index contributed by atoms with van der Waals surface area (Å²) in [5.41, 5.74) is 0.145.